The maximum Gasteiger partial charge on any atom is 0.191 e. The van der Waals surface area contributed by atoms with Gasteiger partial charge in [-0.3, -0.25) is 4.68 Å². The normalized spacial score (nSPS) is 16.0. The Kier molecular flexibility index (Phi) is 6.48. The minimum atomic E-state index is 0.562. The Morgan fingerprint density at radius 1 is 1.16 bits per heavy atom. The van der Waals surface area contributed by atoms with Gasteiger partial charge in [0.1, 0.15) is 0 Å². The van der Waals surface area contributed by atoms with Gasteiger partial charge in [-0.25, -0.2) is 4.99 Å². The van der Waals surface area contributed by atoms with Crippen molar-refractivity contribution in [1.82, 2.24) is 20.4 Å². The molecule has 0 amide bonds. The number of hydrogen-bond donors (Lipinski definition) is 2. The summed E-state index contributed by atoms with van der Waals surface area (Å²) in [6, 6.07) is 11.0. The van der Waals surface area contributed by atoms with E-state index in [1.54, 1.807) is 0 Å². The minimum Gasteiger partial charge on any atom is -0.357 e. The maximum absolute atomic E-state index is 4.74. The van der Waals surface area contributed by atoms with Gasteiger partial charge < -0.3 is 10.6 Å². The standard InChI is InChI=1S/C20H29N5/c1-2-21-20(24-19-11-7-4-8-12-19)22-13-18-14-23-25(16-18)15-17-9-5-3-6-10-17/h3,5-6,9-10,14,16,19H,2,4,7-8,11-13,15H2,1H3,(H2,21,22,24). The van der Waals surface area contributed by atoms with Crippen LogP contribution in [-0.2, 0) is 13.1 Å². The summed E-state index contributed by atoms with van der Waals surface area (Å²) < 4.78 is 1.97. The highest BCUT2D eigenvalue weighted by molar-refractivity contribution is 5.80. The molecule has 0 unspecified atom stereocenters. The Morgan fingerprint density at radius 3 is 2.72 bits per heavy atom. The molecule has 5 heteroatoms. The molecule has 1 aliphatic carbocycles. The zero-order valence-corrected chi connectivity index (χ0v) is 15.1. The summed E-state index contributed by atoms with van der Waals surface area (Å²) in [7, 11) is 0. The molecule has 1 heterocycles. The summed E-state index contributed by atoms with van der Waals surface area (Å²) in [5.41, 5.74) is 2.39. The van der Waals surface area contributed by atoms with Crippen LogP contribution in [0.4, 0.5) is 0 Å². The van der Waals surface area contributed by atoms with Crippen LogP contribution in [0.5, 0.6) is 0 Å². The molecule has 0 aliphatic heterocycles. The van der Waals surface area contributed by atoms with Gasteiger partial charge in [0.05, 0.1) is 19.3 Å². The predicted octanol–water partition coefficient (Wildman–Crippen LogP) is 3.32. The van der Waals surface area contributed by atoms with Gasteiger partial charge in [-0.1, -0.05) is 49.6 Å². The zero-order valence-electron chi connectivity index (χ0n) is 15.1. The van der Waals surface area contributed by atoms with Crippen molar-refractivity contribution in [3.8, 4) is 0 Å². The first-order valence-electron chi connectivity index (χ1n) is 9.43. The van der Waals surface area contributed by atoms with Crippen LogP contribution >= 0.6 is 0 Å². The number of aromatic nitrogens is 2. The number of nitrogens with one attached hydrogen (secondary N) is 2. The van der Waals surface area contributed by atoms with Crippen LogP contribution in [0.3, 0.4) is 0 Å². The molecule has 134 valence electrons. The molecule has 1 fully saturated rings. The van der Waals surface area contributed by atoms with Crippen molar-refractivity contribution in [2.24, 2.45) is 4.99 Å². The Hall–Kier alpha value is -2.30. The van der Waals surface area contributed by atoms with Crippen molar-refractivity contribution in [1.29, 1.82) is 0 Å². The van der Waals surface area contributed by atoms with Crippen LogP contribution in [0.2, 0.25) is 0 Å². The Morgan fingerprint density at radius 2 is 1.96 bits per heavy atom. The van der Waals surface area contributed by atoms with Crippen molar-refractivity contribution in [3.05, 3.63) is 53.9 Å². The van der Waals surface area contributed by atoms with Gasteiger partial charge in [0, 0.05) is 24.3 Å². The third kappa shape index (κ3) is 5.62. The van der Waals surface area contributed by atoms with E-state index < -0.39 is 0 Å². The number of guanidine groups is 1. The van der Waals surface area contributed by atoms with Gasteiger partial charge in [-0.15, -0.1) is 0 Å². The van der Waals surface area contributed by atoms with Crippen molar-refractivity contribution in [3.63, 3.8) is 0 Å². The summed E-state index contributed by atoms with van der Waals surface area (Å²) in [5, 5.41) is 11.4. The van der Waals surface area contributed by atoms with E-state index in [9.17, 15) is 0 Å². The lowest BCUT2D eigenvalue weighted by Gasteiger charge is -2.24. The fraction of sp³-hybridized carbons (Fsp3) is 0.500. The number of nitrogens with zero attached hydrogens (tertiary/aromatic N) is 3. The van der Waals surface area contributed by atoms with E-state index in [4.69, 9.17) is 4.99 Å². The topological polar surface area (TPSA) is 54.2 Å². The van der Waals surface area contributed by atoms with E-state index >= 15 is 0 Å². The number of benzene rings is 1. The Labute approximate surface area is 150 Å². The fourth-order valence-corrected chi connectivity index (χ4v) is 3.28. The minimum absolute atomic E-state index is 0.562. The number of rotatable bonds is 6. The van der Waals surface area contributed by atoms with Crippen LogP contribution < -0.4 is 10.6 Å². The fourth-order valence-electron chi connectivity index (χ4n) is 3.28. The highest BCUT2D eigenvalue weighted by atomic mass is 15.3. The van der Waals surface area contributed by atoms with Gasteiger partial charge in [0.2, 0.25) is 0 Å². The first-order chi connectivity index (χ1) is 12.3. The molecule has 1 aliphatic rings. The van der Waals surface area contributed by atoms with Crippen LogP contribution in [0.15, 0.2) is 47.7 Å². The lowest BCUT2D eigenvalue weighted by Crippen LogP contribution is -2.44. The molecule has 1 aromatic heterocycles. The Bertz CT molecular complexity index is 656. The highest BCUT2D eigenvalue weighted by Gasteiger charge is 2.14. The third-order valence-corrected chi connectivity index (χ3v) is 4.58. The largest absolute Gasteiger partial charge is 0.357 e. The van der Waals surface area contributed by atoms with Gasteiger partial charge in [0.15, 0.2) is 5.96 Å². The summed E-state index contributed by atoms with van der Waals surface area (Å²) >= 11 is 0. The molecular formula is C20H29N5. The van der Waals surface area contributed by atoms with Gasteiger partial charge in [-0.2, -0.15) is 5.10 Å². The van der Waals surface area contributed by atoms with Crippen molar-refractivity contribution >= 4 is 5.96 Å². The molecule has 1 saturated carbocycles. The molecule has 0 radical (unpaired) electrons. The molecule has 2 aromatic rings. The average molecular weight is 339 g/mol. The zero-order chi connectivity index (χ0) is 17.3. The molecular weight excluding hydrogens is 310 g/mol. The molecule has 0 atom stereocenters. The summed E-state index contributed by atoms with van der Waals surface area (Å²) in [5.74, 6) is 0.921. The number of hydrogen-bond acceptors (Lipinski definition) is 2. The molecule has 1 aromatic carbocycles. The molecule has 25 heavy (non-hydrogen) atoms. The van der Waals surface area contributed by atoms with Crippen molar-refractivity contribution in [2.75, 3.05) is 6.54 Å². The summed E-state index contributed by atoms with van der Waals surface area (Å²) in [6.45, 7) is 4.43. The molecule has 0 saturated heterocycles. The summed E-state index contributed by atoms with van der Waals surface area (Å²) in [4.78, 5) is 4.74. The quantitative estimate of drug-likeness (QED) is 0.627. The number of aliphatic imine (C=N–C) groups is 1. The Balaban J connectivity index is 1.56. The molecule has 0 bridgehead atoms. The molecule has 0 spiro atoms. The van der Waals surface area contributed by atoms with E-state index in [1.165, 1.54) is 37.7 Å². The van der Waals surface area contributed by atoms with E-state index in [1.807, 2.05) is 16.9 Å². The molecule has 3 rings (SSSR count). The summed E-state index contributed by atoms with van der Waals surface area (Å²) in [6.07, 6.45) is 10.5. The molecule has 5 nitrogen and oxygen atoms in total. The highest BCUT2D eigenvalue weighted by Crippen LogP contribution is 2.17. The van der Waals surface area contributed by atoms with Crippen molar-refractivity contribution in [2.45, 2.75) is 58.2 Å². The lowest BCUT2D eigenvalue weighted by atomic mass is 9.96. The smallest absolute Gasteiger partial charge is 0.191 e. The second-order valence-electron chi connectivity index (χ2n) is 6.71. The van der Waals surface area contributed by atoms with E-state index in [0.717, 1.165) is 24.6 Å². The van der Waals surface area contributed by atoms with Gasteiger partial charge in [0.25, 0.3) is 0 Å². The van der Waals surface area contributed by atoms with Crippen LogP contribution in [0.1, 0.15) is 50.2 Å². The van der Waals surface area contributed by atoms with Crippen LogP contribution in [-0.4, -0.2) is 28.3 Å². The predicted molar refractivity (Wildman–Crippen MR) is 103 cm³/mol. The molecule has 2 N–H and O–H groups in total. The lowest BCUT2D eigenvalue weighted by molar-refractivity contribution is 0.410. The van der Waals surface area contributed by atoms with E-state index in [2.05, 4.69) is 53.1 Å². The van der Waals surface area contributed by atoms with E-state index in [-0.39, 0.29) is 0 Å². The van der Waals surface area contributed by atoms with E-state index in [0.29, 0.717) is 12.6 Å². The second kappa shape index (κ2) is 9.25. The van der Waals surface area contributed by atoms with Gasteiger partial charge in [-0.05, 0) is 25.3 Å². The first-order valence-corrected chi connectivity index (χ1v) is 9.43. The SMILES string of the molecule is CCNC(=NCc1cnn(Cc2ccccc2)c1)NC1CCCCC1. The maximum atomic E-state index is 4.74. The average Bonchev–Trinajstić information content (AvgIpc) is 3.09. The third-order valence-electron chi connectivity index (χ3n) is 4.58. The monoisotopic (exact) mass is 339 g/mol. The van der Waals surface area contributed by atoms with Gasteiger partial charge >= 0.3 is 0 Å². The second-order valence-corrected chi connectivity index (χ2v) is 6.71. The van der Waals surface area contributed by atoms with Crippen molar-refractivity contribution < 1.29 is 0 Å². The van der Waals surface area contributed by atoms with Crippen LogP contribution in [0.25, 0.3) is 0 Å². The van der Waals surface area contributed by atoms with Crippen LogP contribution in [0, 0.1) is 0 Å². The first kappa shape index (κ1) is 17.5.